The summed E-state index contributed by atoms with van der Waals surface area (Å²) in [5.41, 5.74) is 7.62. The topological polar surface area (TPSA) is 62.5 Å². The van der Waals surface area contributed by atoms with Gasteiger partial charge in [0, 0.05) is 26.3 Å². The largest absolute Gasteiger partial charge is 0.396 e. The first-order valence-corrected chi connectivity index (χ1v) is 6.29. The number of aromatic nitrogens is 1. The molecule has 1 aliphatic rings. The molecule has 0 bridgehead atoms. The molecule has 0 spiro atoms. The first-order chi connectivity index (χ1) is 8.59. The summed E-state index contributed by atoms with van der Waals surface area (Å²) in [6, 6.07) is 1.87. The van der Waals surface area contributed by atoms with E-state index < -0.39 is 0 Å². The molecular formula is C13H20N4O. The van der Waals surface area contributed by atoms with Gasteiger partial charge in [-0.3, -0.25) is 4.79 Å². The minimum atomic E-state index is 0.151. The number of hydrogen-bond acceptors (Lipinski definition) is 4. The van der Waals surface area contributed by atoms with Crippen molar-refractivity contribution in [2.75, 3.05) is 37.3 Å². The lowest BCUT2D eigenvalue weighted by Gasteiger charge is -2.23. The fourth-order valence-corrected chi connectivity index (χ4v) is 2.20. The molecule has 0 aromatic carbocycles. The molecule has 1 aromatic heterocycles. The van der Waals surface area contributed by atoms with Gasteiger partial charge in [-0.15, -0.1) is 0 Å². The van der Waals surface area contributed by atoms with Crippen LogP contribution in [-0.2, 0) is 4.79 Å². The number of aryl methyl sites for hydroxylation is 1. The van der Waals surface area contributed by atoms with Gasteiger partial charge in [-0.25, -0.2) is 4.98 Å². The van der Waals surface area contributed by atoms with E-state index in [-0.39, 0.29) is 5.91 Å². The maximum atomic E-state index is 12.0. The van der Waals surface area contributed by atoms with Gasteiger partial charge in [-0.1, -0.05) is 0 Å². The van der Waals surface area contributed by atoms with Crippen molar-refractivity contribution in [3.63, 3.8) is 0 Å². The minimum Gasteiger partial charge on any atom is -0.396 e. The van der Waals surface area contributed by atoms with Crippen LogP contribution in [0.25, 0.3) is 0 Å². The Hall–Kier alpha value is -1.78. The zero-order valence-corrected chi connectivity index (χ0v) is 11.0. The van der Waals surface area contributed by atoms with E-state index in [0.29, 0.717) is 18.1 Å². The molecule has 18 heavy (non-hydrogen) atoms. The van der Waals surface area contributed by atoms with Crippen LogP contribution in [0, 0.1) is 6.92 Å². The smallest absolute Gasteiger partial charge is 0.242 e. The van der Waals surface area contributed by atoms with Gasteiger partial charge in [0.25, 0.3) is 0 Å². The van der Waals surface area contributed by atoms with Crippen LogP contribution in [0.15, 0.2) is 12.3 Å². The summed E-state index contributed by atoms with van der Waals surface area (Å²) < 4.78 is 0. The molecule has 1 aromatic rings. The van der Waals surface area contributed by atoms with E-state index in [0.717, 1.165) is 31.5 Å². The molecule has 2 rings (SSSR count). The summed E-state index contributed by atoms with van der Waals surface area (Å²) in [4.78, 5) is 20.0. The molecule has 5 heteroatoms. The monoisotopic (exact) mass is 248 g/mol. The number of pyridine rings is 1. The van der Waals surface area contributed by atoms with E-state index in [2.05, 4.69) is 4.98 Å². The Labute approximate surface area is 108 Å². The summed E-state index contributed by atoms with van der Waals surface area (Å²) in [7, 11) is 1.85. The molecule has 0 saturated carbocycles. The van der Waals surface area contributed by atoms with E-state index in [1.807, 2.05) is 29.8 Å². The van der Waals surface area contributed by atoms with Crippen LogP contribution >= 0.6 is 0 Å². The van der Waals surface area contributed by atoms with E-state index in [1.54, 1.807) is 6.20 Å². The zero-order valence-electron chi connectivity index (χ0n) is 11.0. The van der Waals surface area contributed by atoms with Gasteiger partial charge in [0.15, 0.2) is 5.82 Å². The van der Waals surface area contributed by atoms with Crippen LogP contribution in [0.2, 0.25) is 0 Å². The second-order valence-electron chi connectivity index (χ2n) is 4.81. The number of anilines is 2. The number of carbonyl (C=O) groups is 1. The van der Waals surface area contributed by atoms with Gasteiger partial charge in [0.05, 0.1) is 12.2 Å². The number of nitrogen functional groups attached to an aromatic ring is 1. The number of hydrogen-bond donors (Lipinski definition) is 1. The Kier molecular flexibility index (Phi) is 3.69. The summed E-state index contributed by atoms with van der Waals surface area (Å²) in [6.07, 6.45) is 3.94. The van der Waals surface area contributed by atoms with Gasteiger partial charge in [0.1, 0.15) is 0 Å². The van der Waals surface area contributed by atoms with Crippen molar-refractivity contribution >= 4 is 17.4 Å². The third-order valence-corrected chi connectivity index (χ3v) is 3.38. The molecule has 1 saturated heterocycles. The maximum absolute atomic E-state index is 12.0. The van der Waals surface area contributed by atoms with Crippen molar-refractivity contribution in [3.05, 3.63) is 17.8 Å². The summed E-state index contributed by atoms with van der Waals surface area (Å²) in [5, 5.41) is 0. The highest BCUT2D eigenvalue weighted by Crippen LogP contribution is 2.22. The molecule has 1 aliphatic heterocycles. The van der Waals surface area contributed by atoms with E-state index in [9.17, 15) is 4.79 Å². The summed E-state index contributed by atoms with van der Waals surface area (Å²) >= 11 is 0. The zero-order chi connectivity index (χ0) is 13.1. The minimum absolute atomic E-state index is 0.151. The number of rotatable bonds is 3. The number of amides is 1. The molecule has 98 valence electrons. The molecule has 1 amide bonds. The molecule has 0 unspecified atom stereocenters. The summed E-state index contributed by atoms with van der Waals surface area (Å²) in [6.45, 7) is 4.03. The first kappa shape index (κ1) is 12.7. The second kappa shape index (κ2) is 5.25. The van der Waals surface area contributed by atoms with Crippen LogP contribution in [0.3, 0.4) is 0 Å². The second-order valence-corrected chi connectivity index (χ2v) is 4.81. The number of likely N-dealkylation sites (N-methyl/N-ethyl adjacent to an activating group) is 1. The summed E-state index contributed by atoms with van der Waals surface area (Å²) in [5.74, 6) is 0.834. The van der Waals surface area contributed by atoms with Crippen LogP contribution in [0.5, 0.6) is 0 Å². The Balaban J connectivity index is 2.04. The van der Waals surface area contributed by atoms with Crippen molar-refractivity contribution in [2.45, 2.75) is 19.8 Å². The number of nitrogens with two attached hydrogens (primary N) is 1. The Bertz CT molecular complexity index is 441. The van der Waals surface area contributed by atoms with Gasteiger partial charge < -0.3 is 15.5 Å². The van der Waals surface area contributed by atoms with Crippen molar-refractivity contribution in [3.8, 4) is 0 Å². The third kappa shape index (κ3) is 2.55. The molecule has 2 heterocycles. The average Bonchev–Trinajstić information content (AvgIpc) is 2.86. The SMILES string of the molecule is Cc1ccnc(N(C)CC(=O)N2CCCC2)c1N. The molecule has 2 N–H and O–H groups in total. The van der Waals surface area contributed by atoms with E-state index >= 15 is 0 Å². The fraction of sp³-hybridized carbons (Fsp3) is 0.538. The molecule has 1 fully saturated rings. The highest BCUT2D eigenvalue weighted by atomic mass is 16.2. The fourth-order valence-electron chi connectivity index (χ4n) is 2.20. The Morgan fingerprint density at radius 2 is 2.17 bits per heavy atom. The molecule has 0 aliphatic carbocycles. The molecule has 5 nitrogen and oxygen atoms in total. The number of carbonyl (C=O) groups excluding carboxylic acids is 1. The van der Waals surface area contributed by atoms with Gasteiger partial charge in [-0.05, 0) is 31.4 Å². The average molecular weight is 248 g/mol. The number of likely N-dealkylation sites (tertiary alicyclic amines) is 1. The lowest BCUT2D eigenvalue weighted by Crippen LogP contribution is -2.37. The van der Waals surface area contributed by atoms with Gasteiger partial charge >= 0.3 is 0 Å². The van der Waals surface area contributed by atoms with Crippen LogP contribution < -0.4 is 10.6 Å². The highest BCUT2D eigenvalue weighted by Gasteiger charge is 2.20. The Morgan fingerprint density at radius 3 is 2.83 bits per heavy atom. The van der Waals surface area contributed by atoms with Crippen LogP contribution in [0.1, 0.15) is 18.4 Å². The predicted molar refractivity (Wildman–Crippen MR) is 72.5 cm³/mol. The third-order valence-electron chi connectivity index (χ3n) is 3.38. The number of nitrogens with zero attached hydrogens (tertiary/aromatic N) is 3. The normalized spacial score (nSPS) is 14.9. The lowest BCUT2D eigenvalue weighted by molar-refractivity contribution is -0.128. The van der Waals surface area contributed by atoms with Crippen molar-refractivity contribution in [1.82, 2.24) is 9.88 Å². The quantitative estimate of drug-likeness (QED) is 0.868. The van der Waals surface area contributed by atoms with Crippen molar-refractivity contribution in [1.29, 1.82) is 0 Å². The lowest BCUT2D eigenvalue weighted by atomic mass is 10.2. The first-order valence-electron chi connectivity index (χ1n) is 6.29. The van der Waals surface area contributed by atoms with E-state index in [4.69, 9.17) is 5.73 Å². The van der Waals surface area contributed by atoms with Gasteiger partial charge in [-0.2, -0.15) is 0 Å². The predicted octanol–water partition coefficient (Wildman–Crippen LogP) is 1.03. The standard InChI is InChI=1S/C13H20N4O/c1-10-5-6-15-13(12(10)14)16(2)9-11(18)17-7-3-4-8-17/h5-6H,3-4,7-9,14H2,1-2H3. The molecule has 0 atom stereocenters. The van der Waals surface area contributed by atoms with Crippen LogP contribution in [-0.4, -0.2) is 42.5 Å². The highest BCUT2D eigenvalue weighted by molar-refractivity contribution is 5.82. The van der Waals surface area contributed by atoms with Crippen molar-refractivity contribution in [2.24, 2.45) is 0 Å². The van der Waals surface area contributed by atoms with Crippen molar-refractivity contribution < 1.29 is 4.79 Å². The van der Waals surface area contributed by atoms with Crippen LogP contribution in [0.4, 0.5) is 11.5 Å². The maximum Gasteiger partial charge on any atom is 0.242 e. The van der Waals surface area contributed by atoms with Gasteiger partial charge in [0.2, 0.25) is 5.91 Å². The Morgan fingerprint density at radius 1 is 1.50 bits per heavy atom. The molecule has 0 radical (unpaired) electrons. The van der Waals surface area contributed by atoms with E-state index in [1.165, 1.54) is 0 Å². The molecular weight excluding hydrogens is 228 g/mol.